The lowest BCUT2D eigenvalue weighted by atomic mass is 9.94. The second-order valence-corrected chi connectivity index (χ2v) is 10.2. The van der Waals surface area contributed by atoms with Crippen LogP contribution in [-0.2, 0) is 16.1 Å². The van der Waals surface area contributed by atoms with E-state index in [0.29, 0.717) is 24.9 Å². The molecule has 0 spiro atoms. The van der Waals surface area contributed by atoms with Crippen molar-refractivity contribution in [2.75, 3.05) is 13.2 Å². The number of benzene rings is 3. The van der Waals surface area contributed by atoms with Crippen LogP contribution in [0.1, 0.15) is 49.1 Å². The molecule has 1 N–H and O–H groups in total. The van der Waals surface area contributed by atoms with E-state index in [1.165, 1.54) is 4.90 Å². The van der Waals surface area contributed by atoms with E-state index < -0.39 is 17.7 Å². The summed E-state index contributed by atoms with van der Waals surface area (Å²) in [6.07, 6.45) is 0. The molecule has 3 aromatic carbocycles. The summed E-state index contributed by atoms with van der Waals surface area (Å²) in [7, 11) is 0. The quantitative estimate of drug-likeness (QED) is 0.188. The van der Waals surface area contributed by atoms with Crippen molar-refractivity contribution in [3.63, 3.8) is 0 Å². The maximum atomic E-state index is 13.4. The number of aliphatic hydroxyl groups excluding tert-OH is 1. The molecule has 1 amide bonds. The number of aliphatic hydroxyl groups is 1. The SMILES string of the molecule is CCOc1ccc(Cl)c(/C(O)=C2\C(=O)C(=O)N(Cc3ccc(OCC(C)C)cc3)C2c2cccc(C)c2)c1. The molecule has 1 aliphatic heterocycles. The fourth-order valence-corrected chi connectivity index (χ4v) is 4.67. The molecule has 1 fully saturated rings. The highest BCUT2D eigenvalue weighted by molar-refractivity contribution is 6.47. The zero-order valence-electron chi connectivity index (χ0n) is 22.0. The maximum Gasteiger partial charge on any atom is 0.295 e. The van der Waals surface area contributed by atoms with E-state index in [1.54, 1.807) is 18.2 Å². The number of rotatable bonds is 9. The number of ketones is 1. The van der Waals surface area contributed by atoms with Crippen molar-refractivity contribution in [1.29, 1.82) is 0 Å². The van der Waals surface area contributed by atoms with Gasteiger partial charge in [0.25, 0.3) is 11.7 Å². The van der Waals surface area contributed by atoms with Gasteiger partial charge in [-0.2, -0.15) is 0 Å². The Bertz CT molecular complexity index is 1360. The van der Waals surface area contributed by atoms with Crippen LogP contribution in [0.4, 0.5) is 0 Å². The molecular weight excluding hydrogens is 502 g/mol. The summed E-state index contributed by atoms with van der Waals surface area (Å²) in [6.45, 7) is 9.16. The minimum absolute atomic E-state index is 0.00645. The number of nitrogens with zero attached hydrogens (tertiary/aromatic N) is 1. The van der Waals surface area contributed by atoms with E-state index in [0.717, 1.165) is 22.4 Å². The summed E-state index contributed by atoms with van der Waals surface area (Å²) in [6, 6.07) is 19.1. The third-order valence-electron chi connectivity index (χ3n) is 6.26. The van der Waals surface area contributed by atoms with Crippen molar-refractivity contribution in [2.24, 2.45) is 5.92 Å². The monoisotopic (exact) mass is 533 g/mol. The number of amides is 1. The summed E-state index contributed by atoms with van der Waals surface area (Å²) < 4.78 is 11.3. The molecule has 3 aromatic rings. The number of hydrogen-bond donors (Lipinski definition) is 1. The number of carbonyl (C=O) groups is 2. The summed E-state index contributed by atoms with van der Waals surface area (Å²) in [5.41, 5.74) is 2.75. The number of aryl methyl sites for hydroxylation is 1. The molecule has 1 aliphatic rings. The highest BCUT2D eigenvalue weighted by Crippen LogP contribution is 2.42. The van der Waals surface area contributed by atoms with E-state index in [1.807, 2.05) is 62.4 Å². The molecule has 1 saturated heterocycles. The summed E-state index contributed by atoms with van der Waals surface area (Å²) in [4.78, 5) is 28.3. The lowest BCUT2D eigenvalue weighted by molar-refractivity contribution is -0.140. The van der Waals surface area contributed by atoms with Crippen molar-refractivity contribution < 1.29 is 24.2 Å². The number of Topliss-reactive ketones (excluding diaryl/α,β-unsaturated/α-hetero) is 1. The first kappa shape index (κ1) is 27.3. The predicted octanol–water partition coefficient (Wildman–Crippen LogP) is 6.70. The second-order valence-electron chi connectivity index (χ2n) is 9.76. The van der Waals surface area contributed by atoms with Crippen molar-refractivity contribution >= 4 is 29.1 Å². The first-order valence-corrected chi connectivity index (χ1v) is 13.1. The van der Waals surface area contributed by atoms with Crippen LogP contribution < -0.4 is 9.47 Å². The van der Waals surface area contributed by atoms with Crippen LogP contribution in [0.15, 0.2) is 72.3 Å². The Morgan fingerprint density at radius 3 is 2.37 bits per heavy atom. The Morgan fingerprint density at radius 2 is 1.71 bits per heavy atom. The van der Waals surface area contributed by atoms with Crippen LogP contribution in [0, 0.1) is 12.8 Å². The van der Waals surface area contributed by atoms with Crippen LogP contribution >= 0.6 is 11.6 Å². The smallest absolute Gasteiger partial charge is 0.295 e. The lowest BCUT2D eigenvalue weighted by Gasteiger charge is -2.26. The molecule has 6 nitrogen and oxygen atoms in total. The van der Waals surface area contributed by atoms with Gasteiger partial charge in [-0.25, -0.2) is 0 Å². The maximum absolute atomic E-state index is 13.4. The van der Waals surface area contributed by atoms with E-state index in [2.05, 4.69) is 13.8 Å². The van der Waals surface area contributed by atoms with Crippen LogP contribution in [0.3, 0.4) is 0 Å². The van der Waals surface area contributed by atoms with Gasteiger partial charge in [-0.1, -0.05) is 67.4 Å². The highest BCUT2D eigenvalue weighted by Gasteiger charge is 2.46. The fraction of sp³-hybridized carbons (Fsp3) is 0.290. The number of hydrogen-bond acceptors (Lipinski definition) is 5. The average molecular weight is 534 g/mol. The summed E-state index contributed by atoms with van der Waals surface area (Å²) in [5.74, 6) is -0.137. The van der Waals surface area contributed by atoms with Gasteiger partial charge in [0.1, 0.15) is 17.3 Å². The molecule has 0 saturated carbocycles. The average Bonchev–Trinajstić information content (AvgIpc) is 3.14. The number of halogens is 1. The first-order chi connectivity index (χ1) is 18.2. The third-order valence-corrected chi connectivity index (χ3v) is 6.59. The van der Waals surface area contributed by atoms with Crippen LogP contribution in [0.2, 0.25) is 5.02 Å². The minimum atomic E-state index is -0.793. The Balaban J connectivity index is 1.77. The van der Waals surface area contributed by atoms with Gasteiger partial charge in [0.15, 0.2) is 0 Å². The molecule has 1 heterocycles. The molecule has 38 heavy (non-hydrogen) atoms. The molecule has 0 aromatic heterocycles. The van der Waals surface area contributed by atoms with E-state index in [-0.39, 0.29) is 28.5 Å². The molecule has 0 aliphatic carbocycles. The molecule has 7 heteroatoms. The molecular formula is C31H32ClNO5. The predicted molar refractivity (Wildman–Crippen MR) is 148 cm³/mol. The van der Waals surface area contributed by atoms with Crippen molar-refractivity contribution in [3.8, 4) is 11.5 Å². The van der Waals surface area contributed by atoms with Gasteiger partial charge < -0.3 is 19.5 Å². The minimum Gasteiger partial charge on any atom is -0.507 e. The van der Waals surface area contributed by atoms with Crippen molar-refractivity contribution in [3.05, 3.63) is 99.6 Å². The third kappa shape index (κ3) is 5.86. The summed E-state index contributed by atoms with van der Waals surface area (Å²) in [5, 5.41) is 11.7. The lowest BCUT2D eigenvalue weighted by Crippen LogP contribution is -2.29. The molecule has 0 radical (unpaired) electrons. The van der Waals surface area contributed by atoms with Crippen molar-refractivity contribution in [2.45, 2.75) is 40.3 Å². The molecule has 1 atom stereocenters. The number of ether oxygens (including phenoxy) is 2. The second kappa shape index (κ2) is 11.7. The van der Waals surface area contributed by atoms with Gasteiger partial charge in [0, 0.05) is 12.1 Å². The molecule has 4 rings (SSSR count). The van der Waals surface area contributed by atoms with Crippen LogP contribution in [-0.4, -0.2) is 34.9 Å². The summed E-state index contributed by atoms with van der Waals surface area (Å²) >= 11 is 6.43. The van der Waals surface area contributed by atoms with Crippen LogP contribution in [0.25, 0.3) is 5.76 Å². The van der Waals surface area contributed by atoms with Gasteiger partial charge in [-0.05, 0) is 61.2 Å². The van der Waals surface area contributed by atoms with E-state index >= 15 is 0 Å². The van der Waals surface area contributed by atoms with Crippen molar-refractivity contribution in [1.82, 2.24) is 4.90 Å². The van der Waals surface area contributed by atoms with E-state index in [4.69, 9.17) is 21.1 Å². The van der Waals surface area contributed by atoms with Gasteiger partial charge >= 0.3 is 0 Å². The topological polar surface area (TPSA) is 76.1 Å². The standard InChI is InChI=1S/C31H32ClNO5/c1-5-37-24-13-14-26(32)25(16-24)29(34)27-28(22-8-6-7-20(4)15-22)33(31(36)30(27)35)17-21-9-11-23(12-10-21)38-18-19(2)3/h6-16,19,28,34H,5,17-18H2,1-4H3/b29-27+. The molecule has 198 valence electrons. The van der Waals surface area contributed by atoms with Crippen LogP contribution in [0.5, 0.6) is 11.5 Å². The molecule has 0 bridgehead atoms. The number of likely N-dealkylation sites (tertiary alicyclic amines) is 1. The zero-order valence-corrected chi connectivity index (χ0v) is 22.8. The molecule has 1 unspecified atom stereocenters. The Hall–Kier alpha value is -3.77. The normalized spacial score (nSPS) is 16.8. The zero-order chi connectivity index (χ0) is 27.4. The number of carbonyl (C=O) groups excluding carboxylic acids is 2. The van der Waals surface area contributed by atoms with E-state index in [9.17, 15) is 14.7 Å². The van der Waals surface area contributed by atoms with Gasteiger partial charge in [-0.15, -0.1) is 0 Å². The van der Waals surface area contributed by atoms with Gasteiger partial charge in [0.2, 0.25) is 0 Å². The first-order valence-electron chi connectivity index (χ1n) is 12.7. The largest absolute Gasteiger partial charge is 0.507 e. The van der Waals surface area contributed by atoms with Gasteiger partial charge in [-0.3, -0.25) is 9.59 Å². The van der Waals surface area contributed by atoms with Gasteiger partial charge in [0.05, 0.1) is 29.9 Å². The Labute approximate surface area is 228 Å². The Kier molecular flexibility index (Phi) is 8.42. The highest BCUT2D eigenvalue weighted by atomic mass is 35.5. The Morgan fingerprint density at radius 1 is 1.00 bits per heavy atom. The fourth-order valence-electron chi connectivity index (χ4n) is 4.47.